The van der Waals surface area contributed by atoms with E-state index in [1.54, 1.807) is 0 Å². The quantitative estimate of drug-likeness (QED) is 0.719. The Labute approximate surface area is 104 Å². The highest BCUT2D eigenvalue weighted by molar-refractivity contribution is 7.85. The maximum Gasteiger partial charge on any atom is 0.214 e. The van der Waals surface area contributed by atoms with Gasteiger partial charge in [0.25, 0.3) is 0 Å². The van der Waals surface area contributed by atoms with Crippen LogP contribution < -0.4 is 5.73 Å². The van der Waals surface area contributed by atoms with Crippen LogP contribution in [0.3, 0.4) is 0 Å². The summed E-state index contributed by atoms with van der Waals surface area (Å²) in [5.74, 6) is 2.38. The molecule has 1 aliphatic rings. The second-order valence-corrected chi connectivity index (χ2v) is 4.84. The Morgan fingerprint density at radius 1 is 1.12 bits per heavy atom. The molecule has 0 aromatic carbocycles. The standard InChI is InChI=1S/C6H12OS.C2H5NO.2C2H6/c1-6-2-4-8(7)5-3-6;1-2(3)4;2*1-2/h6H,2-5H2,1H3;1H3,(H2,3,4);2*1-2H3. The molecule has 1 heterocycles. The Balaban J connectivity index is -0.000000181. The van der Waals surface area contributed by atoms with Crippen molar-refractivity contribution in [1.29, 1.82) is 0 Å². The highest BCUT2D eigenvalue weighted by atomic mass is 32.2. The molecule has 1 aliphatic heterocycles. The van der Waals surface area contributed by atoms with E-state index in [-0.39, 0.29) is 5.91 Å². The number of nitrogens with two attached hydrogens (primary N) is 1. The van der Waals surface area contributed by atoms with Crippen LogP contribution in [-0.4, -0.2) is 21.6 Å². The van der Waals surface area contributed by atoms with Crippen molar-refractivity contribution >= 4 is 16.7 Å². The summed E-state index contributed by atoms with van der Waals surface area (Å²) in [6.45, 7) is 11.5. The highest BCUT2D eigenvalue weighted by Crippen LogP contribution is 2.14. The maximum absolute atomic E-state index is 10.7. The number of hydrogen-bond acceptors (Lipinski definition) is 2. The molecular weight excluding hydrogens is 222 g/mol. The molecule has 0 radical (unpaired) electrons. The summed E-state index contributed by atoms with van der Waals surface area (Å²) in [6, 6.07) is 0. The number of primary amides is 1. The van der Waals surface area contributed by atoms with Gasteiger partial charge in [0.05, 0.1) is 0 Å². The van der Waals surface area contributed by atoms with Crippen LogP contribution in [0, 0.1) is 5.92 Å². The van der Waals surface area contributed by atoms with E-state index >= 15 is 0 Å². The second kappa shape index (κ2) is 17.0. The Hall–Kier alpha value is -0.380. The summed E-state index contributed by atoms with van der Waals surface area (Å²) in [5, 5.41) is 0. The molecule has 0 saturated carbocycles. The zero-order valence-electron chi connectivity index (χ0n) is 11.7. The van der Waals surface area contributed by atoms with E-state index in [0.717, 1.165) is 17.4 Å². The van der Waals surface area contributed by atoms with Crippen LogP contribution in [0.4, 0.5) is 0 Å². The van der Waals surface area contributed by atoms with Crippen molar-refractivity contribution < 1.29 is 9.00 Å². The molecule has 0 atom stereocenters. The van der Waals surface area contributed by atoms with Gasteiger partial charge in [-0.3, -0.25) is 9.00 Å². The van der Waals surface area contributed by atoms with Crippen molar-refractivity contribution in [2.75, 3.05) is 11.5 Å². The first-order chi connectivity index (χ1) is 7.52. The Morgan fingerprint density at radius 3 is 1.56 bits per heavy atom. The average molecular weight is 251 g/mol. The molecular formula is C12H29NO2S. The summed E-state index contributed by atoms with van der Waals surface area (Å²) >= 11 is 0. The van der Waals surface area contributed by atoms with Gasteiger partial charge in [-0.15, -0.1) is 0 Å². The lowest BCUT2D eigenvalue weighted by molar-refractivity contribution is -0.115. The number of carbonyl (C=O) groups is 1. The molecule has 0 unspecified atom stereocenters. The van der Waals surface area contributed by atoms with Gasteiger partial charge in [0, 0.05) is 29.2 Å². The lowest BCUT2D eigenvalue weighted by Crippen LogP contribution is -2.15. The Morgan fingerprint density at radius 2 is 1.38 bits per heavy atom. The molecule has 3 nitrogen and oxygen atoms in total. The van der Waals surface area contributed by atoms with E-state index in [2.05, 4.69) is 12.7 Å². The molecule has 0 aromatic rings. The molecule has 0 spiro atoms. The van der Waals surface area contributed by atoms with E-state index in [1.165, 1.54) is 19.8 Å². The van der Waals surface area contributed by atoms with Crippen molar-refractivity contribution in [1.82, 2.24) is 0 Å². The van der Waals surface area contributed by atoms with Gasteiger partial charge in [-0.05, 0) is 18.8 Å². The maximum atomic E-state index is 10.7. The van der Waals surface area contributed by atoms with Crippen LogP contribution in [0.25, 0.3) is 0 Å². The van der Waals surface area contributed by atoms with Gasteiger partial charge < -0.3 is 5.73 Å². The fraction of sp³-hybridized carbons (Fsp3) is 0.917. The lowest BCUT2D eigenvalue weighted by Gasteiger charge is -2.15. The van der Waals surface area contributed by atoms with Gasteiger partial charge in [-0.1, -0.05) is 34.6 Å². The Kier molecular flexibility index (Phi) is 22.3. The van der Waals surface area contributed by atoms with Gasteiger partial charge >= 0.3 is 0 Å². The number of rotatable bonds is 0. The van der Waals surface area contributed by atoms with Crippen LogP contribution in [0.1, 0.15) is 54.4 Å². The van der Waals surface area contributed by atoms with Crippen LogP contribution >= 0.6 is 0 Å². The summed E-state index contributed by atoms with van der Waals surface area (Å²) in [6.07, 6.45) is 2.35. The first-order valence-electron chi connectivity index (χ1n) is 6.13. The van der Waals surface area contributed by atoms with Crippen molar-refractivity contribution in [2.24, 2.45) is 11.7 Å². The van der Waals surface area contributed by atoms with Gasteiger partial charge in [-0.2, -0.15) is 0 Å². The topological polar surface area (TPSA) is 60.2 Å². The third-order valence-corrected chi connectivity index (χ3v) is 3.06. The molecule has 1 amide bonds. The molecule has 4 heteroatoms. The van der Waals surface area contributed by atoms with E-state index < -0.39 is 10.8 Å². The summed E-state index contributed by atoms with van der Waals surface area (Å²) in [7, 11) is -0.461. The van der Waals surface area contributed by atoms with Crippen LogP contribution in [0.2, 0.25) is 0 Å². The fourth-order valence-electron chi connectivity index (χ4n) is 0.912. The summed E-state index contributed by atoms with van der Waals surface area (Å²) in [5.41, 5.74) is 4.47. The first-order valence-corrected chi connectivity index (χ1v) is 7.62. The summed E-state index contributed by atoms with van der Waals surface area (Å²) < 4.78 is 10.7. The smallest absolute Gasteiger partial charge is 0.214 e. The fourth-order valence-corrected chi connectivity index (χ4v) is 2.45. The third-order valence-electron chi connectivity index (χ3n) is 1.68. The highest BCUT2D eigenvalue weighted by Gasteiger charge is 2.12. The summed E-state index contributed by atoms with van der Waals surface area (Å²) in [4.78, 5) is 9.22. The van der Waals surface area contributed by atoms with Crippen molar-refractivity contribution in [3.63, 3.8) is 0 Å². The molecule has 1 rings (SSSR count). The average Bonchev–Trinajstić information content (AvgIpc) is 2.27. The normalized spacial score (nSPS) is 22.1. The predicted molar refractivity (Wildman–Crippen MR) is 73.8 cm³/mol. The second-order valence-electron chi connectivity index (χ2n) is 3.14. The number of amides is 1. The van der Waals surface area contributed by atoms with E-state index in [0.29, 0.717) is 0 Å². The molecule has 0 bridgehead atoms. The largest absolute Gasteiger partial charge is 0.370 e. The molecule has 0 aliphatic carbocycles. The number of hydrogen-bond donors (Lipinski definition) is 1. The van der Waals surface area contributed by atoms with Crippen LogP contribution in [0.15, 0.2) is 0 Å². The third kappa shape index (κ3) is 23.4. The van der Waals surface area contributed by atoms with Gasteiger partial charge in [0.2, 0.25) is 5.91 Å². The molecule has 100 valence electrons. The van der Waals surface area contributed by atoms with Crippen LogP contribution in [0.5, 0.6) is 0 Å². The molecule has 0 aromatic heterocycles. The SMILES string of the molecule is CC.CC.CC(N)=O.CC1CCS(=O)CC1. The number of carbonyl (C=O) groups excluding carboxylic acids is 1. The zero-order chi connectivity index (χ0) is 13.6. The zero-order valence-corrected chi connectivity index (χ0v) is 12.5. The monoisotopic (exact) mass is 251 g/mol. The van der Waals surface area contributed by atoms with Crippen molar-refractivity contribution in [3.8, 4) is 0 Å². The van der Waals surface area contributed by atoms with Crippen molar-refractivity contribution in [3.05, 3.63) is 0 Å². The molecule has 2 N–H and O–H groups in total. The van der Waals surface area contributed by atoms with Gasteiger partial charge in [-0.25, -0.2) is 0 Å². The Bertz CT molecular complexity index is 158. The minimum atomic E-state index is -0.461. The van der Waals surface area contributed by atoms with Crippen LogP contribution in [-0.2, 0) is 15.6 Å². The van der Waals surface area contributed by atoms with E-state index in [1.807, 2.05) is 27.7 Å². The minimum absolute atomic E-state index is 0.333. The molecule has 16 heavy (non-hydrogen) atoms. The molecule has 1 fully saturated rings. The van der Waals surface area contributed by atoms with E-state index in [4.69, 9.17) is 0 Å². The van der Waals surface area contributed by atoms with Gasteiger partial charge in [0.15, 0.2) is 0 Å². The van der Waals surface area contributed by atoms with Gasteiger partial charge in [0.1, 0.15) is 0 Å². The lowest BCUT2D eigenvalue weighted by atomic mass is 10.1. The van der Waals surface area contributed by atoms with Crippen molar-refractivity contribution in [2.45, 2.75) is 54.4 Å². The minimum Gasteiger partial charge on any atom is -0.370 e. The molecule has 1 saturated heterocycles. The predicted octanol–water partition coefficient (Wildman–Crippen LogP) is 2.71. The van der Waals surface area contributed by atoms with E-state index in [9.17, 15) is 9.00 Å². The first kappa shape index (κ1) is 21.0.